The van der Waals surface area contributed by atoms with Crippen LogP contribution in [-0.2, 0) is 22.5 Å². The molecule has 166 valence electrons. The monoisotopic (exact) mass is 460 g/mol. The highest BCUT2D eigenvalue weighted by molar-refractivity contribution is 8.00. The second kappa shape index (κ2) is 10.1. The highest BCUT2D eigenvalue weighted by Crippen LogP contribution is 2.34. The van der Waals surface area contributed by atoms with E-state index in [2.05, 4.69) is 24.0 Å². The number of thioether (sulfide) groups is 2. The third kappa shape index (κ3) is 5.10. The second-order valence-electron chi connectivity index (χ2n) is 7.74. The molecule has 2 aliphatic rings. The smallest absolute Gasteiger partial charge is 0.268 e. The molecule has 0 radical (unpaired) electrons. The fraction of sp³-hybridized carbons (Fsp3) is 0.500. The van der Waals surface area contributed by atoms with Gasteiger partial charge in [-0.15, -0.1) is 11.8 Å². The third-order valence-corrected chi connectivity index (χ3v) is 7.74. The van der Waals surface area contributed by atoms with Crippen molar-refractivity contribution < 1.29 is 9.53 Å². The van der Waals surface area contributed by atoms with Crippen molar-refractivity contribution in [1.82, 2.24) is 14.5 Å². The number of para-hydroxylation sites is 1. The van der Waals surface area contributed by atoms with Crippen molar-refractivity contribution in [2.24, 2.45) is 0 Å². The number of ether oxygens (including phenoxy) is 1. The highest BCUT2D eigenvalue weighted by atomic mass is 32.2. The Morgan fingerprint density at radius 1 is 1.23 bits per heavy atom. The molecule has 2 aliphatic heterocycles. The Morgan fingerprint density at radius 3 is 2.68 bits per heavy atom. The van der Waals surface area contributed by atoms with Crippen molar-refractivity contribution in [3.63, 3.8) is 0 Å². The molecule has 7 nitrogen and oxygen atoms in total. The van der Waals surface area contributed by atoms with Crippen LogP contribution in [0.3, 0.4) is 0 Å². The molecule has 0 spiro atoms. The SMILES string of the molecule is COCCn1c(SCC(=O)N2CCN(c3ccccc3)CC2)nc2c(c1=O)S[C@@H](C)C2. The second-order valence-corrected chi connectivity index (χ2v) is 10.1. The molecular weight excluding hydrogens is 432 g/mol. The number of benzene rings is 1. The normalized spacial score (nSPS) is 18.3. The molecule has 2 aromatic rings. The summed E-state index contributed by atoms with van der Waals surface area (Å²) in [5.41, 5.74) is 2.05. The van der Waals surface area contributed by atoms with Crippen molar-refractivity contribution >= 4 is 35.1 Å². The maximum atomic E-state index is 13.0. The summed E-state index contributed by atoms with van der Waals surface area (Å²) in [6, 6.07) is 10.3. The summed E-state index contributed by atoms with van der Waals surface area (Å²) in [6.07, 6.45) is 0.795. The van der Waals surface area contributed by atoms with Gasteiger partial charge in [-0.1, -0.05) is 36.9 Å². The van der Waals surface area contributed by atoms with Gasteiger partial charge in [-0.25, -0.2) is 4.98 Å². The summed E-state index contributed by atoms with van der Waals surface area (Å²) in [5.74, 6) is 0.375. The predicted molar refractivity (Wildman–Crippen MR) is 125 cm³/mol. The van der Waals surface area contributed by atoms with Crippen molar-refractivity contribution in [1.29, 1.82) is 0 Å². The van der Waals surface area contributed by atoms with E-state index in [1.165, 1.54) is 17.4 Å². The van der Waals surface area contributed by atoms with Gasteiger partial charge >= 0.3 is 0 Å². The molecule has 1 saturated heterocycles. The largest absolute Gasteiger partial charge is 0.383 e. The van der Waals surface area contributed by atoms with Gasteiger partial charge in [-0.05, 0) is 12.1 Å². The molecule has 1 amide bonds. The van der Waals surface area contributed by atoms with Crippen LogP contribution in [0.5, 0.6) is 0 Å². The number of hydrogen-bond donors (Lipinski definition) is 0. The molecule has 3 heterocycles. The number of hydrogen-bond acceptors (Lipinski definition) is 7. The van der Waals surface area contributed by atoms with Gasteiger partial charge in [-0.3, -0.25) is 14.2 Å². The molecule has 0 N–H and O–H groups in total. The summed E-state index contributed by atoms with van der Waals surface area (Å²) < 4.78 is 6.85. The quantitative estimate of drug-likeness (QED) is 0.464. The zero-order valence-electron chi connectivity index (χ0n) is 18.0. The summed E-state index contributed by atoms with van der Waals surface area (Å²) >= 11 is 2.95. The summed E-state index contributed by atoms with van der Waals surface area (Å²) in [7, 11) is 1.62. The standard InChI is InChI=1S/C22H28N4O3S2/c1-16-14-18-20(31-16)21(28)26(12-13-29-2)22(23-18)30-15-19(27)25-10-8-24(9-11-25)17-6-4-3-5-7-17/h3-7,16H,8-15H2,1-2H3/t16-/m0/s1. The maximum Gasteiger partial charge on any atom is 0.268 e. The summed E-state index contributed by atoms with van der Waals surface area (Å²) in [4.78, 5) is 35.6. The van der Waals surface area contributed by atoms with Crippen LogP contribution in [0.15, 0.2) is 45.2 Å². The minimum Gasteiger partial charge on any atom is -0.383 e. The van der Waals surface area contributed by atoms with Crippen LogP contribution in [0.2, 0.25) is 0 Å². The average Bonchev–Trinajstić information content (AvgIpc) is 3.18. The average molecular weight is 461 g/mol. The highest BCUT2D eigenvalue weighted by Gasteiger charge is 2.27. The van der Waals surface area contributed by atoms with Gasteiger partial charge in [0, 0.05) is 50.6 Å². The van der Waals surface area contributed by atoms with Crippen LogP contribution < -0.4 is 10.5 Å². The van der Waals surface area contributed by atoms with Crippen LogP contribution in [0.25, 0.3) is 0 Å². The summed E-state index contributed by atoms with van der Waals surface area (Å²) in [5, 5.41) is 0.973. The maximum absolute atomic E-state index is 13.0. The summed E-state index contributed by atoms with van der Waals surface area (Å²) in [6.45, 7) is 6.04. The minimum absolute atomic E-state index is 0.0113. The van der Waals surface area contributed by atoms with Crippen LogP contribution in [-0.4, -0.2) is 71.3 Å². The minimum atomic E-state index is -0.0113. The number of amides is 1. The Balaban J connectivity index is 1.40. The van der Waals surface area contributed by atoms with Crippen molar-refractivity contribution in [3.05, 3.63) is 46.4 Å². The molecule has 31 heavy (non-hydrogen) atoms. The first-order valence-corrected chi connectivity index (χ1v) is 12.4. The molecular formula is C22H28N4O3S2. The van der Waals surface area contributed by atoms with E-state index >= 15 is 0 Å². The van der Waals surface area contributed by atoms with E-state index in [9.17, 15) is 9.59 Å². The number of carbonyl (C=O) groups is 1. The molecule has 4 rings (SSSR count). The number of aromatic nitrogens is 2. The van der Waals surface area contributed by atoms with Crippen molar-refractivity contribution in [2.45, 2.75) is 35.2 Å². The van der Waals surface area contributed by atoms with Crippen LogP contribution in [0.4, 0.5) is 5.69 Å². The van der Waals surface area contributed by atoms with Crippen molar-refractivity contribution in [3.8, 4) is 0 Å². The number of methoxy groups -OCH3 is 1. The fourth-order valence-electron chi connectivity index (χ4n) is 3.89. The van der Waals surface area contributed by atoms with Crippen LogP contribution in [0, 0.1) is 0 Å². The molecule has 0 aliphatic carbocycles. The van der Waals surface area contributed by atoms with E-state index < -0.39 is 0 Å². The number of anilines is 1. The number of rotatable bonds is 7. The lowest BCUT2D eigenvalue weighted by Gasteiger charge is -2.36. The van der Waals surface area contributed by atoms with Gasteiger partial charge in [0.1, 0.15) is 0 Å². The molecule has 0 unspecified atom stereocenters. The molecule has 1 atom stereocenters. The number of piperazine rings is 1. The van der Waals surface area contributed by atoms with E-state index in [0.717, 1.165) is 30.1 Å². The Bertz CT molecular complexity index is 975. The van der Waals surface area contributed by atoms with E-state index in [4.69, 9.17) is 9.72 Å². The van der Waals surface area contributed by atoms with Gasteiger partial charge in [0.05, 0.1) is 29.5 Å². The van der Waals surface area contributed by atoms with Crippen LogP contribution >= 0.6 is 23.5 Å². The predicted octanol–water partition coefficient (Wildman–Crippen LogP) is 2.37. The van der Waals surface area contributed by atoms with E-state index in [1.54, 1.807) is 23.4 Å². The van der Waals surface area contributed by atoms with Gasteiger partial charge < -0.3 is 14.5 Å². The van der Waals surface area contributed by atoms with Crippen molar-refractivity contribution in [2.75, 3.05) is 50.5 Å². The van der Waals surface area contributed by atoms with Gasteiger partial charge in [0.2, 0.25) is 5.91 Å². The fourth-order valence-corrected chi connectivity index (χ4v) is 5.95. The zero-order valence-corrected chi connectivity index (χ0v) is 19.6. The van der Waals surface area contributed by atoms with Gasteiger partial charge in [-0.2, -0.15) is 0 Å². The topological polar surface area (TPSA) is 67.7 Å². The first-order valence-electron chi connectivity index (χ1n) is 10.6. The lowest BCUT2D eigenvalue weighted by molar-refractivity contribution is -0.128. The molecule has 0 bridgehead atoms. The van der Waals surface area contributed by atoms with Crippen LogP contribution in [0.1, 0.15) is 12.6 Å². The van der Waals surface area contributed by atoms with E-state index in [-0.39, 0.29) is 17.2 Å². The number of nitrogens with zero attached hydrogens (tertiary/aromatic N) is 4. The Hall–Kier alpha value is -1.97. The zero-order chi connectivity index (χ0) is 21.8. The van der Waals surface area contributed by atoms with Gasteiger partial charge in [0.25, 0.3) is 5.56 Å². The Morgan fingerprint density at radius 2 is 1.97 bits per heavy atom. The number of carbonyl (C=O) groups excluding carboxylic acids is 1. The number of fused-ring (bicyclic) bond motifs is 1. The first-order chi connectivity index (χ1) is 15.1. The van der Waals surface area contributed by atoms with E-state index in [0.29, 0.717) is 36.6 Å². The Labute approximate surface area is 191 Å². The molecule has 1 aromatic heterocycles. The molecule has 9 heteroatoms. The van der Waals surface area contributed by atoms with Gasteiger partial charge in [0.15, 0.2) is 5.16 Å². The molecule has 1 fully saturated rings. The molecule has 1 aromatic carbocycles. The first kappa shape index (κ1) is 22.2. The third-order valence-electron chi connectivity index (χ3n) is 5.56. The lowest BCUT2D eigenvalue weighted by Crippen LogP contribution is -2.49. The Kier molecular flexibility index (Phi) is 7.24. The lowest BCUT2D eigenvalue weighted by atomic mass is 10.2. The van der Waals surface area contributed by atoms with E-state index in [1.807, 2.05) is 23.1 Å². The molecule has 0 saturated carbocycles.